The molecule has 0 amide bonds. The number of nitro benzene ring substituents is 1. The summed E-state index contributed by atoms with van der Waals surface area (Å²) in [7, 11) is 4.61. The third-order valence-corrected chi connectivity index (χ3v) is 3.54. The average molecular weight is 332 g/mol. The van der Waals surface area contributed by atoms with Crippen molar-refractivity contribution < 1.29 is 24.3 Å². The van der Waals surface area contributed by atoms with Gasteiger partial charge in [0, 0.05) is 30.9 Å². The molecule has 126 valence electrons. The fraction of sp³-hybridized carbons (Fsp3) is 0.188. The van der Waals surface area contributed by atoms with Gasteiger partial charge < -0.3 is 19.5 Å². The molecule has 2 aromatic carbocycles. The zero-order valence-electron chi connectivity index (χ0n) is 13.3. The molecule has 24 heavy (non-hydrogen) atoms. The average Bonchev–Trinajstić information content (AvgIpc) is 2.59. The minimum Gasteiger partial charge on any atom is -0.493 e. The van der Waals surface area contributed by atoms with Crippen molar-refractivity contribution in [3.05, 3.63) is 52.1 Å². The Morgan fingerprint density at radius 2 is 1.79 bits per heavy atom. The predicted octanol–water partition coefficient (Wildman–Crippen LogP) is 3.08. The van der Waals surface area contributed by atoms with Gasteiger partial charge >= 0.3 is 5.97 Å². The summed E-state index contributed by atoms with van der Waals surface area (Å²) < 4.78 is 10.4. The Bertz CT molecular complexity index is 790. The van der Waals surface area contributed by atoms with E-state index in [1.807, 2.05) is 0 Å². The molecule has 0 bridgehead atoms. The molecule has 2 aromatic rings. The molecule has 0 saturated carbocycles. The van der Waals surface area contributed by atoms with Crippen LogP contribution in [0.1, 0.15) is 10.4 Å². The lowest BCUT2D eigenvalue weighted by molar-refractivity contribution is -0.384. The van der Waals surface area contributed by atoms with Crippen molar-refractivity contribution in [3.63, 3.8) is 0 Å². The summed E-state index contributed by atoms with van der Waals surface area (Å²) in [5, 5.41) is 20.3. The van der Waals surface area contributed by atoms with E-state index in [1.165, 1.54) is 26.4 Å². The predicted molar refractivity (Wildman–Crippen MR) is 87.7 cm³/mol. The van der Waals surface area contributed by atoms with Crippen molar-refractivity contribution in [2.45, 2.75) is 0 Å². The zero-order chi connectivity index (χ0) is 17.9. The highest BCUT2D eigenvalue weighted by Gasteiger charge is 2.20. The van der Waals surface area contributed by atoms with E-state index in [9.17, 15) is 20.0 Å². The molecule has 0 unspecified atom stereocenters. The lowest BCUT2D eigenvalue weighted by atomic mass is 10.1. The van der Waals surface area contributed by atoms with Crippen LogP contribution in [0.25, 0.3) is 0 Å². The summed E-state index contributed by atoms with van der Waals surface area (Å²) in [5.74, 6) is -0.191. The number of hydrogen-bond acceptors (Lipinski definition) is 6. The Morgan fingerprint density at radius 1 is 1.12 bits per heavy atom. The van der Waals surface area contributed by atoms with Gasteiger partial charge in [0.2, 0.25) is 0 Å². The van der Waals surface area contributed by atoms with Crippen molar-refractivity contribution in [1.82, 2.24) is 0 Å². The van der Waals surface area contributed by atoms with Crippen molar-refractivity contribution in [3.8, 4) is 11.5 Å². The van der Waals surface area contributed by atoms with E-state index in [0.717, 1.165) is 6.07 Å². The van der Waals surface area contributed by atoms with Crippen LogP contribution in [0.15, 0.2) is 36.4 Å². The Hall–Kier alpha value is -3.29. The van der Waals surface area contributed by atoms with Crippen molar-refractivity contribution in [1.29, 1.82) is 0 Å². The number of aromatic carboxylic acids is 1. The van der Waals surface area contributed by atoms with Crippen LogP contribution in [0.5, 0.6) is 11.5 Å². The molecular weight excluding hydrogens is 316 g/mol. The van der Waals surface area contributed by atoms with Gasteiger partial charge in [0.05, 0.1) is 30.4 Å². The largest absolute Gasteiger partial charge is 0.493 e. The zero-order valence-corrected chi connectivity index (χ0v) is 13.3. The first kappa shape index (κ1) is 17.1. The summed E-state index contributed by atoms with van der Waals surface area (Å²) in [4.78, 5) is 23.4. The van der Waals surface area contributed by atoms with E-state index < -0.39 is 10.9 Å². The number of nitro groups is 1. The number of benzene rings is 2. The highest BCUT2D eigenvalue weighted by molar-refractivity contribution is 5.96. The maximum absolute atomic E-state index is 11.4. The molecule has 0 radical (unpaired) electrons. The molecule has 0 spiro atoms. The van der Waals surface area contributed by atoms with Crippen LogP contribution >= 0.6 is 0 Å². The third kappa shape index (κ3) is 3.22. The first-order chi connectivity index (χ1) is 11.4. The van der Waals surface area contributed by atoms with Crippen LogP contribution in [-0.2, 0) is 0 Å². The van der Waals surface area contributed by atoms with Crippen LogP contribution in [0.3, 0.4) is 0 Å². The smallest absolute Gasteiger partial charge is 0.337 e. The van der Waals surface area contributed by atoms with Gasteiger partial charge in [-0.1, -0.05) is 0 Å². The third-order valence-electron chi connectivity index (χ3n) is 3.54. The second-order valence-electron chi connectivity index (χ2n) is 4.86. The first-order valence-corrected chi connectivity index (χ1v) is 6.86. The molecule has 8 nitrogen and oxygen atoms in total. The maximum atomic E-state index is 11.4. The Labute approximate surface area is 138 Å². The van der Waals surface area contributed by atoms with Crippen molar-refractivity contribution in [2.24, 2.45) is 0 Å². The minimum absolute atomic E-state index is 0.0436. The SMILES string of the molecule is COc1ccc(N(C)c2cc([N+](=O)[O-])ccc2C(=O)O)cc1OC. The van der Waals surface area contributed by atoms with Crippen LogP contribution in [0.2, 0.25) is 0 Å². The summed E-state index contributed by atoms with van der Waals surface area (Å²) in [6, 6.07) is 8.63. The van der Waals surface area contributed by atoms with Crippen LogP contribution in [0, 0.1) is 10.1 Å². The van der Waals surface area contributed by atoms with Gasteiger partial charge in [0.15, 0.2) is 11.5 Å². The lowest BCUT2D eigenvalue weighted by Crippen LogP contribution is -2.14. The number of hydrogen-bond donors (Lipinski definition) is 1. The molecule has 2 rings (SSSR count). The van der Waals surface area contributed by atoms with Gasteiger partial charge in [0.25, 0.3) is 5.69 Å². The van der Waals surface area contributed by atoms with Crippen LogP contribution in [-0.4, -0.2) is 37.3 Å². The van der Waals surface area contributed by atoms with E-state index >= 15 is 0 Å². The highest BCUT2D eigenvalue weighted by Crippen LogP contribution is 2.36. The molecule has 0 aliphatic heterocycles. The van der Waals surface area contributed by atoms with E-state index in [4.69, 9.17) is 9.47 Å². The Balaban J connectivity index is 2.55. The number of non-ortho nitro benzene ring substituents is 1. The summed E-state index contributed by atoms with van der Waals surface area (Å²) in [6.07, 6.45) is 0. The number of nitrogens with zero attached hydrogens (tertiary/aromatic N) is 2. The molecule has 0 fully saturated rings. The molecule has 0 aromatic heterocycles. The second kappa shape index (κ2) is 6.86. The van der Waals surface area contributed by atoms with E-state index in [1.54, 1.807) is 30.1 Å². The number of ether oxygens (including phenoxy) is 2. The van der Waals surface area contributed by atoms with Crippen LogP contribution in [0.4, 0.5) is 17.1 Å². The molecule has 0 aliphatic rings. The molecule has 0 heterocycles. The number of carbonyl (C=O) groups is 1. The van der Waals surface area contributed by atoms with Gasteiger partial charge in [-0.15, -0.1) is 0 Å². The molecule has 8 heteroatoms. The molecule has 1 N–H and O–H groups in total. The highest BCUT2D eigenvalue weighted by atomic mass is 16.6. The molecular formula is C16H16N2O6. The number of carboxylic acid groups (broad SMARTS) is 1. The Kier molecular flexibility index (Phi) is 4.88. The maximum Gasteiger partial charge on any atom is 0.337 e. The number of rotatable bonds is 6. The Morgan fingerprint density at radius 3 is 2.33 bits per heavy atom. The number of carboxylic acids is 1. The molecule has 0 saturated heterocycles. The fourth-order valence-electron chi connectivity index (χ4n) is 2.26. The lowest BCUT2D eigenvalue weighted by Gasteiger charge is -2.22. The van der Waals surface area contributed by atoms with Gasteiger partial charge in [-0.3, -0.25) is 10.1 Å². The number of methoxy groups -OCH3 is 2. The second-order valence-corrected chi connectivity index (χ2v) is 4.86. The van der Waals surface area contributed by atoms with Gasteiger partial charge in [0.1, 0.15) is 0 Å². The van der Waals surface area contributed by atoms with Crippen molar-refractivity contribution in [2.75, 3.05) is 26.2 Å². The van der Waals surface area contributed by atoms with Crippen LogP contribution < -0.4 is 14.4 Å². The topological polar surface area (TPSA) is 102 Å². The molecule has 0 atom stereocenters. The monoisotopic (exact) mass is 332 g/mol. The van der Waals surface area contributed by atoms with E-state index in [0.29, 0.717) is 17.2 Å². The number of anilines is 2. The van der Waals surface area contributed by atoms with Gasteiger partial charge in [-0.25, -0.2) is 4.79 Å². The molecule has 0 aliphatic carbocycles. The van der Waals surface area contributed by atoms with Gasteiger partial charge in [-0.2, -0.15) is 0 Å². The quantitative estimate of drug-likeness (QED) is 0.640. The summed E-state index contributed by atoms with van der Waals surface area (Å²) in [5.41, 5.74) is 0.555. The first-order valence-electron chi connectivity index (χ1n) is 6.86. The van der Waals surface area contributed by atoms with Gasteiger partial charge in [-0.05, 0) is 18.2 Å². The standard InChI is InChI=1S/C16H16N2O6/c1-17(10-5-7-14(23-2)15(9-10)24-3)13-8-11(18(21)22)4-6-12(13)16(19)20/h4-9H,1-3H3,(H,19,20). The summed E-state index contributed by atoms with van der Waals surface area (Å²) >= 11 is 0. The van der Waals surface area contributed by atoms with E-state index in [2.05, 4.69) is 0 Å². The summed E-state index contributed by atoms with van der Waals surface area (Å²) in [6.45, 7) is 0. The van der Waals surface area contributed by atoms with Crippen molar-refractivity contribution >= 4 is 23.0 Å². The fourth-order valence-corrected chi connectivity index (χ4v) is 2.26. The van der Waals surface area contributed by atoms with E-state index in [-0.39, 0.29) is 16.9 Å². The minimum atomic E-state index is -1.17. The normalized spacial score (nSPS) is 10.1.